The molecule has 0 heterocycles. The van der Waals surface area contributed by atoms with Crippen molar-refractivity contribution in [3.05, 3.63) is 49.6 Å². The summed E-state index contributed by atoms with van der Waals surface area (Å²) in [6.07, 6.45) is 0. The molecule has 0 aromatic heterocycles. The maximum absolute atomic E-state index is 4.25. The molecule has 0 aliphatic heterocycles. The van der Waals surface area contributed by atoms with Crippen molar-refractivity contribution in [2.75, 3.05) is 0 Å². The minimum absolute atomic E-state index is 0. The van der Waals surface area contributed by atoms with Gasteiger partial charge in [-0.1, -0.05) is 36.4 Å². The average Bonchev–Trinajstić information content (AvgIpc) is 1.96. The molecular weight excluding hydrogens is 119 g/mol. The Kier molecular flexibility index (Phi) is 14.1. The van der Waals surface area contributed by atoms with E-state index in [-0.39, 0.29) is 29.6 Å². The minimum atomic E-state index is 0. The Morgan fingerprint density at radius 2 is 0.778 bits per heavy atom. The molecule has 0 saturated heterocycles. The molecule has 1 rings (SSSR count). The van der Waals surface area contributed by atoms with Crippen LogP contribution in [-0.2, 0) is 0 Å². The Hall–Kier alpha value is -0.0400. The Balaban J connectivity index is 0. The first-order valence-corrected chi connectivity index (χ1v) is 2.41. The zero-order chi connectivity index (χ0) is 6.24. The van der Waals surface area contributed by atoms with Crippen LogP contribution in [0.1, 0.15) is 0 Å². The summed E-state index contributed by atoms with van der Waals surface area (Å²) in [5, 5.41) is 0. The van der Waals surface area contributed by atoms with Gasteiger partial charge in [-0.05, 0) is 0 Å². The van der Waals surface area contributed by atoms with Gasteiger partial charge < -0.3 is 6.58 Å². The molecule has 1 aromatic carbocycles. The van der Waals surface area contributed by atoms with E-state index >= 15 is 0 Å². The molecule has 0 aliphatic rings. The summed E-state index contributed by atoms with van der Waals surface area (Å²) in [7, 11) is 0. The minimum Gasteiger partial charge on any atom is -0.521 e. The van der Waals surface area contributed by atoms with Crippen molar-refractivity contribution in [1.82, 2.24) is 0 Å². The smallest absolute Gasteiger partial charge is 0.521 e. The van der Waals surface area contributed by atoms with Gasteiger partial charge in [0, 0.05) is 0 Å². The first kappa shape index (κ1) is 11.7. The van der Waals surface area contributed by atoms with Crippen molar-refractivity contribution in [2.45, 2.75) is 0 Å². The largest absolute Gasteiger partial charge is 1.00 e. The van der Waals surface area contributed by atoms with Crippen molar-refractivity contribution in [2.24, 2.45) is 0 Å². The summed E-state index contributed by atoms with van der Waals surface area (Å²) in [5.41, 5.74) is 0. The molecule has 42 valence electrons. The molecule has 0 fully saturated rings. The normalized spacial score (nSPS) is 5.78. The van der Waals surface area contributed by atoms with E-state index in [0.29, 0.717) is 0 Å². The van der Waals surface area contributed by atoms with Gasteiger partial charge in [-0.3, -0.25) is 6.58 Å². The van der Waals surface area contributed by atoms with Crippen molar-refractivity contribution >= 4 is 0 Å². The molecule has 0 atom stereocenters. The van der Waals surface area contributed by atoms with E-state index < -0.39 is 0 Å². The third-order valence-electron chi connectivity index (χ3n) is 0.667. The van der Waals surface area contributed by atoms with E-state index in [2.05, 4.69) is 13.2 Å². The fraction of sp³-hybridized carbons (Fsp3) is 0. The van der Waals surface area contributed by atoms with Gasteiger partial charge >= 0.3 is 29.6 Å². The summed E-state index contributed by atoms with van der Waals surface area (Å²) in [6, 6.07) is 12.0. The SMILES string of the molecule is [CH-]=C.[Na+].c1ccccc1. The molecule has 0 amide bonds. The van der Waals surface area contributed by atoms with Crippen molar-refractivity contribution in [1.29, 1.82) is 0 Å². The monoisotopic (exact) mass is 128 g/mol. The van der Waals surface area contributed by atoms with Crippen LogP contribution in [0.2, 0.25) is 0 Å². The number of rotatable bonds is 0. The van der Waals surface area contributed by atoms with Gasteiger partial charge in [0.15, 0.2) is 0 Å². The van der Waals surface area contributed by atoms with Crippen LogP contribution in [0.15, 0.2) is 43.0 Å². The first-order valence-electron chi connectivity index (χ1n) is 2.41. The second kappa shape index (κ2) is 10.9. The van der Waals surface area contributed by atoms with E-state index in [0.717, 1.165) is 0 Å². The summed E-state index contributed by atoms with van der Waals surface area (Å²) in [6.45, 7) is 7.00. The second-order valence-corrected chi connectivity index (χ2v) is 1.15. The zero-order valence-corrected chi connectivity index (χ0v) is 7.75. The molecule has 0 saturated carbocycles. The van der Waals surface area contributed by atoms with Gasteiger partial charge in [-0.15, -0.1) is 0 Å². The van der Waals surface area contributed by atoms with E-state index in [1.165, 1.54) is 0 Å². The molecule has 0 nitrogen and oxygen atoms in total. The summed E-state index contributed by atoms with van der Waals surface area (Å²) >= 11 is 0. The van der Waals surface area contributed by atoms with Crippen LogP contribution in [0.3, 0.4) is 0 Å². The molecule has 9 heavy (non-hydrogen) atoms. The Morgan fingerprint density at radius 3 is 0.889 bits per heavy atom. The second-order valence-electron chi connectivity index (χ2n) is 1.15. The maximum atomic E-state index is 4.25. The van der Waals surface area contributed by atoms with Crippen LogP contribution in [0.5, 0.6) is 0 Å². The Labute approximate surface area is 78.9 Å². The maximum Gasteiger partial charge on any atom is 1.00 e. The van der Waals surface area contributed by atoms with Gasteiger partial charge in [-0.2, -0.15) is 0 Å². The summed E-state index contributed by atoms with van der Waals surface area (Å²) < 4.78 is 0. The molecule has 0 N–H and O–H groups in total. The predicted molar refractivity (Wildman–Crippen MR) is 36.4 cm³/mol. The zero-order valence-electron chi connectivity index (χ0n) is 5.75. The Morgan fingerprint density at radius 1 is 0.667 bits per heavy atom. The van der Waals surface area contributed by atoms with Crippen LogP contribution in [0, 0.1) is 6.58 Å². The standard InChI is InChI=1S/C6H6.C2H3.Na/c1-2-4-6-5-3-1;1-2;/h1-6H;1H,2H2;/q;-1;+1. The molecule has 0 radical (unpaired) electrons. The quantitative estimate of drug-likeness (QED) is 0.320. The van der Waals surface area contributed by atoms with E-state index in [1.54, 1.807) is 0 Å². The first-order chi connectivity index (χ1) is 4.00. The van der Waals surface area contributed by atoms with Crippen LogP contribution < -0.4 is 29.6 Å². The average molecular weight is 128 g/mol. The molecule has 0 aliphatic carbocycles. The molecular formula is C8H9Na. The van der Waals surface area contributed by atoms with Crippen molar-refractivity contribution in [3.63, 3.8) is 0 Å². The van der Waals surface area contributed by atoms with Crippen LogP contribution in [0.25, 0.3) is 0 Å². The van der Waals surface area contributed by atoms with Crippen LogP contribution >= 0.6 is 0 Å². The van der Waals surface area contributed by atoms with E-state index in [4.69, 9.17) is 0 Å². The van der Waals surface area contributed by atoms with Crippen molar-refractivity contribution < 1.29 is 29.6 Å². The van der Waals surface area contributed by atoms with Crippen LogP contribution in [0.4, 0.5) is 0 Å². The number of hydrogen-bond acceptors (Lipinski definition) is 0. The molecule has 1 aromatic rings. The van der Waals surface area contributed by atoms with Crippen LogP contribution in [-0.4, -0.2) is 0 Å². The molecule has 1 heteroatoms. The fourth-order valence-corrected chi connectivity index (χ4v) is 0.385. The number of benzene rings is 1. The summed E-state index contributed by atoms with van der Waals surface area (Å²) in [4.78, 5) is 0. The van der Waals surface area contributed by atoms with E-state index in [1.807, 2.05) is 36.4 Å². The molecule has 0 bridgehead atoms. The van der Waals surface area contributed by atoms with Crippen molar-refractivity contribution in [3.8, 4) is 0 Å². The third-order valence-corrected chi connectivity index (χ3v) is 0.667. The van der Waals surface area contributed by atoms with Gasteiger partial charge in [-0.25, -0.2) is 0 Å². The third kappa shape index (κ3) is 7.96. The molecule has 0 spiro atoms. The van der Waals surface area contributed by atoms with Gasteiger partial charge in [0.2, 0.25) is 0 Å². The predicted octanol–water partition coefficient (Wildman–Crippen LogP) is -0.704. The molecule has 0 unspecified atom stereocenters. The fourth-order valence-electron chi connectivity index (χ4n) is 0.385. The number of hydrogen-bond donors (Lipinski definition) is 0. The van der Waals surface area contributed by atoms with Gasteiger partial charge in [0.05, 0.1) is 0 Å². The Bertz CT molecular complexity index is 87.4. The van der Waals surface area contributed by atoms with E-state index in [9.17, 15) is 0 Å². The van der Waals surface area contributed by atoms with Gasteiger partial charge in [0.1, 0.15) is 0 Å². The van der Waals surface area contributed by atoms with Gasteiger partial charge in [0.25, 0.3) is 0 Å². The summed E-state index contributed by atoms with van der Waals surface area (Å²) in [5.74, 6) is 0. The topological polar surface area (TPSA) is 0 Å².